The lowest BCUT2D eigenvalue weighted by Crippen LogP contribution is -2.24. The maximum absolute atomic E-state index is 12.2. The smallest absolute Gasteiger partial charge is 0.335 e. The number of aromatic nitrogens is 1. The molecule has 0 fully saturated rings. The number of carboxylic acids is 1. The Hall–Kier alpha value is -2.28. The minimum absolute atomic E-state index is 0.0823. The zero-order chi connectivity index (χ0) is 16.8. The molecule has 2 aromatic rings. The molecule has 0 saturated heterocycles. The molecule has 1 aliphatic rings. The Labute approximate surface area is 134 Å². The van der Waals surface area contributed by atoms with E-state index in [9.17, 15) is 18.3 Å². The van der Waals surface area contributed by atoms with Gasteiger partial charge >= 0.3 is 5.97 Å². The number of sulfonamides is 1. The summed E-state index contributed by atoms with van der Waals surface area (Å²) in [4.78, 5) is 11.4. The number of hydrogen-bond donors (Lipinski definition) is 1. The van der Waals surface area contributed by atoms with Crippen LogP contribution in [0.15, 0.2) is 23.7 Å². The summed E-state index contributed by atoms with van der Waals surface area (Å²) < 4.78 is 27.6. The van der Waals surface area contributed by atoms with Gasteiger partial charge in [-0.15, -0.1) is 0 Å². The van der Waals surface area contributed by atoms with Crippen molar-refractivity contribution in [2.75, 3.05) is 11.4 Å². The Kier molecular flexibility index (Phi) is 3.68. The first-order chi connectivity index (χ1) is 10.8. The fourth-order valence-corrected chi connectivity index (χ4v) is 3.75. The number of carbonyl (C=O) groups is 1. The summed E-state index contributed by atoms with van der Waals surface area (Å²) in [5.74, 6) is -1.07. The molecular weight excluding hydrogens is 316 g/mol. The monoisotopic (exact) mass is 334 g/mol. The zero-order valence-electron chi connectivity index (χ0n) is 13.0. The van der Waals surface area contributed by atoms with Gasteiger partial charge in [0.05, 0.1) is 22.2 Å². The summed E-state index contributed by atoms with van der Waals surface area (Å²) in [5, 5.41) is 11.3. The van der Waals surface area contributed by atoms with Crippen LogP contribution in [0.3, 0.4) is 0 Å². The molecule has 122 valence electrons. The Morgan fingerprint density at radius 1 is 1.30 bits per heavy atom. The molecule has 6 nitrogen and oxygen atoms in total. The molecule has 0 amide bonds. The molecule has 2 heterocycles. The van der Waals surface area contributed by atoms with Gasteiger partial charge in [-0.2, -0.15) is 0 Å². The van der Waals surface area contributed by atoms with Crippen molar-refractivity contribution in [1.29, 1.82) is 0 Å². The van der Waals surface area contributed by atoms with Crippen molar-refractivity contribution < 1.29 is 18.3 Å². The van der Waals surface area contributed by atoms with E-state index >= 15 is 0 Å². The molecule has 0 radical (unpaired) electrons. The molecule has 0 spiro atoms. The van der Waals surface area contributed by atoms with E-state index in [2.05, 4.69) is 6.92 Å². The fraction of sp³-hybridized carbons (Fsp3) is 0.312. The zero-order valence-corrected chi connectivity index (χ0v) is 13.8. The first-order valence-electron chi connectivity index (χ1n) is 7.42. The lowest BCUT2D eigenvalue weighted by atomic mass is 10.1. The van der Waals surface area contributed by atoms with E-state index in [0.29, 0.717) is 5.69 Å². The van der Waals surface area contributed by atoms with Gasteiger partial charge in [-0.3, -0.25) is 4.31 Å². The molecule has 23 heavy (non-hydrogen) atoms. The quantitative estimate of drug-likeness (QED) is 0.932. The summed E-state index contributed by atoms with van der Waals surface area (Å²) in [5.41, 5.74) is 2.02. The van der Waals surface area contributed by atoms with Crippen LogP contribution in [-0.2, 0) is 16.6 Å². The van der Waals surface area contributed by atoms with Crippen LogP contribution in [0.2, 0.25) is 0 Å². The molecule has 0 atom stereocenters. The highest BCUT2D eigenvalue weighted by molar-refractivity contribution is 7.95. The molecule has 3 rings (SSSR count). The second kappa shape index (κ2) is 5.42. The van der Waals surface area contributed by atoms with Crippen LogP contribution < -0.4 is 4.31 Å². The van der Waals surface area contributed by atoms with E-state index in [1.54, 1.807) is 12.1 Å². The Morgan fingerprint density at radius 2 is 2.04 bits per heavy atom. The van der Waals surface area contributed by atoms with Gasteiger partial charge in [0.2, 0.25) is 0 Å². The topological polar surface area (TPSA) is 79.6 Å². The van der Waals surface area contributed by atoms with Crippen LogP contribution in [0.1, 0.15) is 35.7 Å². The molecule has 0 unspecified atom stereocenters. The van der Waals surface area contributed by atoms with Gasteiger partial charge < -0.3 is 9.67 Å². The molecule has 0 aliphatic carbocycles. The third-order valence-corrected chi connectivity index (χ3v) is 5.57. The molecule has 1 aromatic carbocycles. The molecular formula is C16H18N2O4S. The minimum atomic E-state index is -3.60. The van der Waals surface area contributed by atoms with E-state index in [4.69, 9.17) is 0 Å². The highest BCUT2D eigenvalue weighted by Crippen LogP contribution is 2.37. The Morgan fingerprint density at radius 3 is 2.70 bits per heavy atom. The summed E-state index contributed by atoms with van der Waals surface area (Å²) in [7, 11) is -2.16. The van der Waals surface area contributed by atoms with Crippen molar-refractivity contribution in [1.82, 2.24) is 4.57 Å². The maximum atomic E-state index is 12.2. The number of aryl methyl sites for hydroxylation is 1. The lowest BCUT2D eigenvalue weighted by Gasteiger charge is -2.18. The second-order valence-electron chi connectivity index (χ2n) is 5.64. The van der Waals surface area contributed by atoms with Crippen molar-refractivity contribution in [3.63, 3.8) is 0 Å². The van der Waals surface area contributed by atoms with E-state index in [1.807, 2.05) is 10.8 Å². The van der Waals surface area contributed by atoms with Gasteiger partial charge in [0.15, 0.2) is 0 Å². The van der Waals surface area contributed by atoms with Crippen molar-refractivity contribution in [3.8, 4) is 0 Å². The van der Waals surface area contributed by atoms with E-state index in [1.165, 1.54) is 13.1 Å². The highest BCUT2D eigenvalue weighted by atomic mass is 32.2. The van der Waals surface area contributed by atoms with Crippen LogP contribution in [0, 0.1) is 0 Å². The first kappa shape index (κ1) is 15.6. The number of anilines is 1. The summed E-state index contributed by atoms with van der Waals surface area (Å²) in [6, 6.07) is 3.03. The molecule has 0 saturated carbocycles. The number of carboxylic acid groups (broad SMARTS) is 1. The second-order valence-corrected chi connectivity index (χ2v) is 7.49. The number of nitrogens with zero attached hydrogens (tertiary/aromatic N) is 2. The number of rotatable bonds is 4. The van der Waals surface area contributed by atoms with Crippen LogP contribution in [0.25, 0.3) is 17.0 Å². The molecule has 7 heteroatoms. The third kappa shape index (κ3) is 2.50. The summed E-state index contributed by atoms with van der Waals surface area (Å²) in [6.07, 6.45) is 5.45. The number of benzene rings is 1. The van der Waals surface area contributed by atoms with Crippen molar-refractivity contribution in [2.24, 2.45) is 0 Å². The number of aromatic carboxylic acids is 1. The van der Waals surface area contributed by atoms with Gasteiger partial charge in [-0.05, 0) is 24.6 Å². The van der Waals surface area contributed by atoms with Crippen LogP contribution in [-0.4, -0.2) is 31.1 Å². The van der Waals surface area contributed by atoms with E-state index in [0.717, 1.165) is 45.6 Å². The van der Waals surface area contributed by atoms with Gasteiger partial charge in [0, 0.05) is 30.7 Å². The Balaban J connectivity index is 2.36. The average Bonchev–Trinajstić information content (AvgIpc) is 2.83. The molecule has 1 N–H and O–H groups in total. The van der Waals surface area contributed by atoms with Crippen LogP contribution in [0.4, 0.5) is 5.69 Å². The summed E-state index contributed by atoms with van der Waals surface area (Å²) >= 11 is 0. The van der Waals surface area contributed by atoms with Crippen molar-refractivity contribution in [3.05, 3.63) is 34.9 Å². The largest absolute Gasteiger partial charge is 0.478 e. The van der Waals surface area contributed by atoms with E-state index < -0.39 is 16.0 Å². The van der Waals surface area contributed by atoms with Gasteiger partial charge in [0.25, 0.3) is 10.0 Å². The maximum Gasteiger partial charge on any atom is 0.335 e. The minimum Gasteiger partial charge on any atom is -0.478 e. The van der Waals surface area contributed by atoms with Crippen molar-refractivity contribution >= 4 is 38.7 Å². The molecule has 1 aromatic heterocycles. The lowest BCUT2D eigenvalue weighted by molar-refractivity contribution is 0.0697. The third-order valence-electron chi connectivity index (χ3n) is 4.13. The molecule has 1 aliphatic heterocycles. The summed E-state index contributed by atoms with van der Waals surface area (Å²) in [6.45, 7) is 2.85. The van der Waals surface area contributed by atoms with Gasteiger partial charge in [0.1, 0.15) is 0 Å². The van der Waals surface area contributed by atoms with Crippen LogP contribution >= 0.6 is 0 Å². The van der Waals surface area contributed by atoms with Gasteiger partial charge in [-0.1, -0.05) is 13.3 Å². The predicted molar refractivity (Wildman–Crippen MR) is 90.2 cm³/mol. The number of unbranched alkanes of at least 4 members (excludes halogenated alkanes) is 1. The first-order valence-corrected chi connectivity index (χ1v) is 8.92. The van der Waals surface area contributed by atoms with E-state index in [-0.39, 0.29) is 5.56 Å². The van der Waals surface area contributed by atoms with Crippen molar-refractivity contribution in [2.45, 2.75) is 26.3 Å². The highest BCUT2D eigenvalue weighted by Gasteiger charge is 2.25. The fourth-order valence-electron chi connectivity index (χ4n) is 2.84. The SMILES string of the molecule is CCCCn1cc2c3c(cc(C(=O)O)cc31)N(C)S(=O)(=O)C=C2. The standard InChI is InChI=1S/C16H18N2O4S/c1-3-4-6-18-10-11-5-7-23(21,22)17(2)13-8-12(16(19)20)9-14(18)15(11)13/h5,7-10H,3-4,6H2,1-2H3,(H,19,20). The number of hydrogen-bond acceptors (Lipinski definition) is 3. The normalized spacial score (nSPS) is 15.8. The van der Waals surface area contributed by atoms with Crippen LogP contribution in [0.5, 0.6) is 0 Å². The van der Waals surface area contributed by atoms with Gasteiger partial charge in [-0.25, -0.2) is 13.2 Å². The predicted octanol–water partition coefficient (Wildman–Crippen LogP) is 2.89. The average molecular weight is 334 g/mol. The molecule has 0 bridgehead atoms. The Bertz CT molecular complexity index is 925.